The molecule has 6 heteroatoms. The minimum atomic E-state index is -1.12. The van der Waals surface area contributed by atoms with Crippen LogP contribution in [0.2, 0.25) is 0 Å². The highest BCUT2D eigenvalue weighted by Crippen LogP contribution is 2.12. The van der Waals surface area contributed by atoms with E-state index < -0.39 is 17.7 Å². The second-order valence-electron chi connectivity index (χ2n) is 4.39. The van der Waals surface area contributed by atoms with E-state index in [2.05, 4.69) is 5.32 Å². The molecule has 21 heavy (non-hydrogen) atoms. The first-order valence-electron chi connectivity index (χ1n) is 6.54. The minimum Gasteiger partial charge on any atom is -0.478 e. The second kappa shape index (κ2) is 8.16. The van der Waals surface area contributed by atoms with Gasteiger partial charge in [-0.15, -0.1) is 0 Å². The van der Waals surface area contributed by atoms with Crippen molar-refractivity contribution in [1.29, 1.82) is 0 Å². The zero-order valence-corrected chi connectivity index (χ0v) is 11.9. The smallest absolute Gasteiger partial charge is 0.328 e. The van der Waals surface area contributed by atoms with Gasteiger partial charge in [0.1, 0.15) is 5.82 Å². The zero-order chi connectivity index (χ0) is 15.8. The maximum absolute atomic E-state index is 13.8. The van der Waals surface area contributed by atoms with Crippen molar-refractivity contribution in [3.05, 3.63) is 41.2 Å². The van der Waals surface area contributed by atoms with Gasteiger partial charge in [-0.25, -0.2) is 9.18 Å². The first-order chi connectivity index (χ1) is 9.93. The topological polar surface area (TPSA) is 75.6 Å². The van der Waals surface area contributed by atoms with Crippen molar-refractivity contribution in [3.8, 4) is 0 Å². The van der Waals surface area contributed by atoms with Crippen LogP contribution < -0.4 is 5.32 Å². The summed E-state index contributed by atoms with van der Waals surface area (Å²) in [7, 11) is 0. The summed E-state index contributed by atoms with van der Waals surface area (Å²) in [6, 6.07) is 3.90. The molecule has 1 aromatic rings. The highest BCUT2D eigenvalue weighted by atomic mass is 19.1. The number of amides is 1. The SMILES string of the molecule is CCOC(C)CNC(=O)c1ccc(/C=C/C(=O)O)cc1F. The molecule has 0 heterocycles. The van der Waals surface area contributed by atoms with Crippen LogP contribution in [0.1, 0.15) is 29.8 Å². The molecule has 0 saturated heterocycles. The molecule has 0 radical (unpaired) electrons. The zero-order valence-electron chi connectivity index (χ0n) is 11.9. The van der Waals surface area contributed by atoms with E-state index in [-0.39, 0.29) is 18.2 Å². The van der Waals surface area contributed by atoms with Crippen LogP contribution >= 0.6 is 0 Å². The molecular formula is C15H18FNO4. The molecule has 0 aliphatic carbocycles. The molecule has 1 atom stereocenters. The van der Waals surface area contributed by atoms with Gasteiger partial charge >= 0.3 is 5.97 Å². The monoisotopic (exact) mass is 295 g/mol. The van der Waals surface area contributed by atoms with Crippen LogP contribution in [0, 0.1) is 5.82 Å². The maximum atomic E-state index is 13.8. The van der Waals surface area contributed by atoms with E-state index in [0.29, 0.717) is 12.2 Å². The van der Waals surface area contributed by atoms with Crippen molar-refractivity contribution >= 4 is 18.0 Å². The third-order valence-electron chi connectivity index (χ3n) is 2.66. The number of benzene rings is 1. The van der Waals surface area contributed by atoms with E-state index in [1.165, 1.54) is 18.2 Å². The van der Waals surface area contributed by atoms with Gasteiger partial charge in [-0.2, -0.15) is 0 Å². The fourth-order valence-electron chi connectivity index (χ4n) is 1.66. The number of carboxylic acid groups (broad SMARTS) is 1. The lowest BCUT2D eigenvalue weighted by Gasteiger charge is -2.13. The Kier molecular flexibility index (Phi) is 6.55. The quantitative estimate of drug-likeness (QED) is 0.755. The lowest BCUT2D eigenvalue weighted by atomic mass is 10.1. The molecule has 5 nitrogen and oxygen atoms in total. The van der Waals surface area contributed by atoms with E-state index in [9.17, 15) is 14.0 Å². The first-order valence-corrected chi connectivity index (χ1v) is 6.54. The van der Waals surface area contributed by atoms with Gasteiger partial charge in [-0.3, -0.25) is 4.79 Å². The number of hydrogen-bond acceptors (Lipinski definition) is 3. The number of carboxylic acids is 1. The highest BCUT2D eigenvalue weighted by molar-refractivity contribution is 5.94. The van der Waals surface area contributed by atoms with Crippen LogP contribution in [0.4, 0.5) is 4.39 Å². The van der Waals surface area contributed by atoms with Gasteiger partial charge in [0.2, 0.25) is 0 Å². The van der Waals surface area contributed by atoms with Crippen molar-refractivity contribution in [2.45, 2.75) is 20.0 Å². The summed E-state index contributed by atoms with van der Waals surface area (Å²) >= 11 is 0. The number of halogens is 1. The van der Waals surface area contributed by atoms with E-state index >= 15 is 0 Å². The molecule has 0 aromatic heterocycles. The Balaban J connectivity index is 2.71. The predicted molar refractivity (Wildman–Crippen MR) is 76.5 cm³/mol. The third-order valence-corrected chi connectivity index (χ3v) is 2.66. The molecule has 2 N–H and O–H groups in total. The number of carbonyl (C=O) groups excluding carboxylic acids is 1. The molecule has 1 rings (SSSR count). The van der Waals surface area contributed by atoms with Gasteiger partial charge < -0.3 is 15.2 Å². The summed E-state index contributed by atoms with van der Waals surface area (Å²) in [4.78, 5) is 22.2. The fraction of sp³-hybridized carbons (Fsp3) is 0.333. The largest absolute Gasteiger partial charge is 0.478 e. The molecular weight excluding hydrogens is 277 g/mol. The van der Waals surface area contributed by atoms with Gasteiger partial charge in [0.15, 0.2) is 0 Å². The lowest BCUT2D eigenvalue weighted by molar-refractivity contribution is -0.131. The minimum absolute atomic E-state index is 0.0915. The molecule has 0 aliphatic heterocycles. The molecule has 1 amide bonds. The molecule has 0 bridgehead atoms. The van der Waals surface area contributed by atoms with Crippen LogP contribution in [0.15, 0.2) is 24.3 Å². The number of carbonyl (C=O) groups is 2. The van der Waals surface area contributed by atoms with Crippen LogP contribution in [0.5, 0.6) is 0 Å². The Morgan fingerprint density at radius 3 is 2.76 bits per heavy atom. The summed E-state index contributed by atoms with van der Waals surface area (Å²) in [6.07, 6.45) is 2.00. The Morgan fingerprint density at radius 1 is 1.48 bits per heavy atom. The fourth-order valence-corrected chi connectivity index (χ4v) is 1.66. The summed E-state index contributed by atoms with van der Waals surface area (Å²) < 4.78 is 19.1. The average molecular weight is 295 g/mol. The normalized spacial score (nSPS) is 12.3. The van der Waals surface area contributed by atoms with Gasteiger partial charge in [0.05, 0.1) is 11.7 Å². The predicted octanol–water partition coefficient (Wildman–Crippen LogP) is 2.08. The maximum Gasteiger partial charge on any atom is 0.328 e. The highest BCUT2D eigenvalue weighted by Gasteiger charge is 2.12. The molecule has 1 aromatic carbocycles. The van der Waals surface area contributed by atoms with Crippen molar-refractivity contribution in [2.75, 3.05) is 13.2 Å². The van der Waals surface area contributed by atoms with Crippen LogP contribution in [0.3, 0.4) is 0 Å². The van der Waals surface area contributed by atoms with Gasteiger partial charge in [-0.05, 0) is 37.6 Å². The lowest BCUT2D eigenvalue weighted by Crippen LogP contribution is -2.32. The van der Waals surface area contributed by atoms with Crippen LogP contribution in [0.25, 0.3) is 6.08 Å². The first kappa shape index (κ1) is 16.8. The summed E-state index contributed by atoms with van der Waals surface area (Å²) in [5.41, 5.74) is 0.278. The second-order valence-corrected chi connectivity index (χ2v) is 4.39. The summed E-state index contributed by atoms with van der Waals surface area (Å²) in [5.74, 6) is -2.36. The van der Waals surface area contributed by atoms with Crippen molar-refractivity contribution < 1.29 is 23.8 Å². The Bertz CT molecular complexity index is 542. The molecule has 114 valence electrons. The Morgan fingerprint density at radius 2 is 2.19 bits per heavy atom. The van der Waals surface area contributed by atoms with Crippen LogP contribution in [-0.2, 0) is 9.53 Å². The Hall–Kier alpha value is -2.21. The van der Waals surface area contributed by atoms with Crippen molar-refractivity contribution in [2.24, 2.45) is 0 Å². The number of ether oxygens (including phenoxy) is 1. The number of aliphatic carboxylic acids is 1. The average Bonchev–Trinajstić information content (AvgIpc) is 2.43. The van der Waals surface area contributed by atoms with E-state index in [4.69, 9.17) is 9.84 Å². The number of nitrogens with one attached hydrogen (secondary N) is 1. The standard InChI is InChI=1S/C15H18FNO4/c1-3-21-10(2)9-17-15(20)12-6-4-11(8-13(12)16)5-7-14(18)19/h4-8,10H,3,9H2,1-2H3,(H,17,20)(H,18,19)/b7-5+. The number of hydrogen-bond donors (Lipinski definition) is 2. The number of rotatable bonds is 7. The molecule has 0 aliphatic rings. The molecule has 0 fully saturated rings. The third kappa shape index (κ3) is 5.74. The molecule has 1 unspecified atom stereocenters. The van der Waals surface area contributed by atoms with Gasteiger partial charge in [0, 0.05) is 19.2 Å². The molecule has 0 saturated carbocycles. The van der Waals surface area contributed by atoms with E-state index in [1.54, 1.807) is 6.92 Å². The van der Waals surface area contributed by atoms with E-state index in [0.717, 1.165) is 12.1 Å². The molecule has 0 spiro atoms. The van der Waals surface area contributed by atoms with Gasteiger partial charge in [-0.1, -0.05) is 6.07 Å². The van der Waals surface area contributed by atoms with Crippen LogP contribution in [-0.4, -0.2) is 36.2 Å². The van der Waals surface area contributed by atoms with Gasteiger partial charge in [0.25, 0.3) is 5.91 Å². The van der Waals surface area contributed by atoms with Crippen molar-refractivity contribution in [3.63, 3.8) is 0 Å². The van der Waals surface area contributed by atoms with E-state index in [1.807, 2.05) is 6.92 Å². The Labute approximate surface area is 122 Å². The summed E-state index contributed by atoms with van der Waals surface area (Å²) in [6.45, 7) is 4.48. The summed E-state index contributed by atoms with van der Waals surface area (Å²) in [5, 5.41) is 11.1. The van der Waals surface area contributed by atoms with Crippen molar-refractivity contribution in [1.82, 2.24) is 5.32 Å².